The van der Waals surface area contributed by atoms with E-state index in [2.05, 4.69) is 9.97 Å². The number of hydrogen-bond acceptors (Lipinski definition) is 2. The molecule has 0 saturated carbocycles. The predicted molar refractivity (Wildman–Crippen MR) is 44.5 cm³/mol. The van der Waals surface area contributed by atoms with Crippen molar-refractivity contribution in [2.75, 3.05) is 0 Å². The van der Waals surface area contributed by atoms with E-state index in [4.69, 9.17) is 0 Å². The topological polar surface area (TPSA) is 25.8 Å². The highest BCUT2D eigenvalue weighted by Gasteiger charge is 2.34. The van der Waals surface area contributed by atoms with Crippen molar-refractivity contribution in [1.82, 2.24) is 9.97 Å². The number of alkyl halides is 3. The molecule has 2 nitrogen and oxygen atoms in total. The normalized spacial score (nSPS) is 12.0. The van der Waals surface area contributed by atoms with E-state index in [1.165, 1.54) is 6.07 Å². The van der Waals surface area contributed by atoms with Crippen molar-refractivity contribution < 1.29 is 17.6 Å². The number of benzene rings is 1. The van der Waals surface area contributed by atoms with Gasteiger partial charge in [0.1, 0.15) is 17.7 Å². The van der Waals surface area contributed by atoms with Crippen LogP contribution >= 0.6 is 0 Å². The van der Waals surface area contributed by atoms with Crippen LogP contribution in [0, 0.1) is 5.82 Å². The van der Waals surface area contributed by atoms with Crippen LogP contribution in [0.25, 0.3) is 10.9 Å². The Balaban J connectivity index is 2.83. The van der Waals surface area contributed by atoms with Gasteiger partial charge in [-0.2, -0.15) is 13.2 Å². The van der Waals surface area contributed by atoms with Gasteiger partial charge < -0.3 is 0 Å². The summed E-state index contributed by atoms with van der Waals surface area (Å²) >= 11 is 0. The lowest BCUT2D eigenvalue weighted by Gasteiger charge is -2.08. The van der Waals surface area contributed by atoms with E-state index in [1.54, 1.807) is 0 Å². The monoisotopic (exact) mass is 216 g/mol. The first kappa shape index (κ1) is 9.82. The summed E-state index contributed by atoms with van der Waals surface area (Å²) in [5.41, 5.74) is -1.44. The van der Waals surface area contributed by atoms with E-state index in [1.807, 2.05) is 0 Å². The average molecular weight is 216 g/mol. The maximum Gasteiger partial charge on any atom is 0.434 e. The second kappa shape index (κ2) is 3.15. The Morgan fingerprint density at radius 2 is 1.80 bits per heavy atom. The summed E-state index contributed by atoms with van der Waals surface area (Å²) in [6.45, 7) is 0. The quantitative estimate of drug-likeness (QED) is 0.633. The molecule has 1 aromatic heterocycles. The molecular formula is C9H4F4N2. The standard InChI is InChI=1S/C9H4F4N2/c10-6-3-1-2-5-7(6)14-4-15-8(5)9(11,12)13/h1-4H. The van der Waals surface area contributed by atoms with E-state index >= 15 is 0 Å². The molecule has 1 heterocycles. The highest BCUT2D eigenvalue weighted by atomic mass is 19.4. The van der Waals surface area contributed by atoms with Crippen molar-refractivity contribution in [2.24, 2.45) is 0 Å². The minimum absolute atomic E-state index is 0.320. The molecule has 0 bridgehead atoms. The van der Waals surface area contributed by atoms with Crippen molar-refractivity contribution in [3.05, 3.63) is 36.0 Å². The summed E-state index contributed by atoms with van der Waals surface area (Å²) in [7, 11) is 0. The van der Waals surface area contributed by atoms with E-state index in [-0.39, 0.29) is 10.9 Å². The number of para-hydroxylation sites is 1. The Morgan fingerprint density at radius 1 is 1.07 bits per heavy atom. The minimum atomic E-state index is -4.60. The fraction of sp³-hybridized carbons (Fsp3) is 0.111. The molecule has 0 spiro atoms. The van der Waals surface area contributed by atoms with Gasteiger partial charge in [-0.15, -0.1) is 0 Å². The molecule has 0 unspecified atom stereocenters. The zero-order chi connectivity index (χ0) is 11.1. The maximum atomic E-state index is 13.1. The van der Waals surface area contributed by atoms with E-state index in [0.29, 0.717) is 6.33 Å². The molecule has 0 aliphatic heterocycles. The molecule has 0 aliphatic rings. The van der Waals surface area contributed by atoms with Crippen molar-refractivity contribution in [1.29, 1.82) is 0 Å². The number of hydrogen-bond donors (Lipinski definition) is 0. The number of aromatic nitrogens is 2. The van der Waals surface area contributed by atoms with Gasteiger partial charge in [0, 0.05) is 5.39 Å². The van der Waals surface area contributed by atoms with Crippen molar-refractivity contribution in [3.8, 4) is 0 Å². The molecule has 0 N–H and O–H groups in total. The summed E-state index contributed by atoms with van der Waals surface area (Å²) in [5.74, 6) is -0.791. The highest BCUT2D eigenvalue weighted by molar-refractivity contribution is 5.81. The highest BCUT2D eigenvalue weighted by Crippen LogP contribution is 2.32. The van der Waals surface area contributed by atoms with Crippen LogP contribution in [0.15, 0.2) is 24.5 Å². The third kappa shape index (κ3) is 1.62. The Hall–Kier alpha value is -1.72. The van der Waals surface area contributed by atoms with Gasteiger partial charge in [0.25, 0.3) is 0 Å². The Kier molecular flexibility index (Phi) is 2.06. The molecule has 6 heteroatoms. The number of fused-ring (bicyclic) bond motifs is 1. The first-order chi connectivity index (χ1) is 7.00. The molecule has 15 heavy (non-hydrogen) atoms. The molecular weight excluding hydrogens is 212 g/mol. The second-order valence-corrected chi connectivity index (χ2v) is 2.86. The Bertz CT molecular complexity index is 507. The SMILES string of the molecule is Fc1cccc2c(C(F)(F)F)ncnc12. The van der Waals surface area contributed by atoms with E-state index in [0.717, 1.165) is 12.1 Å². The molecule has 0 fully saturated rings. The molecule has 0 saturated heterocycles. The lowest BCUT2D eigenvalue weighted by atomic mass is 10.2. The minimum Gasteiger partial charge on any atom is -0.233 e. The maximum absolute atomic E-state index is 13.1. The zero-order valence-electron chi connectivity index (χ0n) is 7.22. The first-order valence-corrected chi connectivity index (χ1v) is 3.96. The fourth-order valence-electron chi connectivity index (χ4n) is 1.28. The number of halogens is 4. The zero-order valence-corrected chi connectivity index (χ0v) is 7.22. The number of nitrogens with zero attached hydrogens (tertiary/aromatic N) is 2. The van der Waals surface area contributed by atoms with Crippen LogP contribution in [0.5, 0.6) is 0 Å². The molecule has 0 aliphatic carbocycles. The van der Waals surface area contributed by atoms with Crippen LogP contribution in [0.2, 0.25) is 0 Å². The molecule has 0 radical (unpaired) electrons. The van der Waals surface area contributed by atoms with Gasteiger partial charge >= 0.3 is 6.18 Å². The van der Waals surface area contributed by atoms with Gasteiger partial charge in [0.2, 0.25) is 0 Å². The second-order valence-electron chi connectivity index (χ2n) is 2.86. The van der Waals surface area contributed by atoms with Gasteiger partial charge in [0.05, 0.1) is 0 Å². The van der Waals surface area contributed by atoms with Crippen LogP contribution in [0.1, 0.15) is 5.69 Å². The van der Waals surface area contributed by atoms with Crippen LogP contribution in [-0.2, 0) is 6.18 Å². The lowest BCUT2D eigenvalue weighted by Crippen LogP contribution is -2.09. The van der Waals surface area contributed by atoms with Crippen LogP contribution in [-0.4, -0.2) is 9.97 Å². The van der Waals surface area contributed by atoms with Crippen molar-refractivity contribution >= 4 is 10.9 Å². The van der Waals surface area contributed by atoms with Gasteiger partial charge in [-0.05, 0) is 6.07 Å². The van der Waals surface area contributed by atoms with Crippen LogP contribution in [0.4, 0.5) is 17.6 Å². The molecule has 2 rings (SSSR count). The summed E-state index contributed by atoms with van der Waals surface area (Å²) in [4.78, 5) is 6.59. The average Bonchev–Trinajstić information content (AvgIpc) is 2.16. The smallest absolute Gasteiger partial charge is 0.233 e. The first-order valence-electron chi connectivity index (χ1n) is 3.96. The van der Waals surface area contributed by atoms with Crippen LogP contribution < -0.4 is 0 Å². The molecule has 78 valence electrons. The van der Waals surface area contributed by atoms with Gasteiger partial charge in [-0.3, -0.25) is 0 Å². The van der Waals surface area contributed by atoms with E-state index < -0.39 is 17.7 Å². The van der Waals surface area contributed by atoms with Gasteiger partial charge in [-0.25, -0.2) is 14.4 Å². The van der Waals surface area contributed by atoms with Crippen LogP contribution in [0.3, 0.4) is 0 Å². The Labute approximate surface area is 81.6 Å². The predicted octanol–water partition coefficient (Wildman–Crippen LogP) is 2.79. The van der Waals surface area contributed by atoms with Crippen molar-refractivity contribution in [2.45, 2.75) is 6.18 Å². The third-order valence-corrected chi connectivity index (χ3v) is 1.88. The lowest BCUT2D eigenvalue weighted by molar-refractivity contribution is -0.139. The van der Waals surface area contributed by atoms with E-state index in [9.17, 15) is 17.6 Å². The Morgan fingerprint density at radius 3 is 2.47 bits per heavy atom. The number of rotatable bonds is 0. The van der Waals surface area contributed by atoms with Gasteiger partial charge in [0.15, 0.2) is 5.69 Å². The van der Waals surface area contributed by atoms with Crippen molar-refractivity contribution in [3.63, 3.8) is 0 Å². The molecule has 0 atom stereocenters. The molecule has 2 aromatic rings. The summed E-state index contributed by atoms with van der Waals surface area (Å²) in [6.07, 6.45) is -3.90. The summed E-state index contributed by atoms with van der Waals surface area (Å²) in [6, 6.07) is 3.38. The van der Waals surface area contributed by atoms with Gasteiger partial charge in [-0.1, -0.05) is 12.1 Å². The molecule has 0 amide bonds. The largest absolute Gasteiger partial charge is 0.434 e. The summed E-state index contributed by atoms with van der Waals surface area (Å²) < 4.78 is 50.4. The summed E-state index contributed by atoms with van der Waals surface area (Å²) in [5, 5.41) is -0.329. The third-order valence-electron chi connectivity index (χ3n) is 1.88. The molecule has 1 aromatic carbocycles. The fourth-order valence-corrected chi connectivity index (χ4v) is 1.28.